The second kappa shape index (κ2) is 8.30. The first-order valence-corrected chi connectivity index (χ1v) is 3.50. The van der Waals surface area contributed by atoms with Gasteiger partial charge in [0.1, 0.15) is 0 Å². The molecule has 0 aromatic heterocycles. The predicted octanol–water partition coefficient (Wildman–Crippen LogP) is -2.72. The molecule has 0 amide bonds. The third-order valence-corrected chi connectivity index (χ3v) is 0. The van der Waals surface area contributed by atoms with Crippen molar-refractivity contribution in [2.75, 3.05) is 0 Å². The second-order valence-corrected chi connectivity index (χ2v) is 1.84. The van der Waals surface area contributed by atoms with Crippen LogP contribution in [0.15, 0.2) is 0 Å². The van der Waals surface area contributed by atoms with Crippen molar-refractivity contribution >= 4 is 59.5 Å². The Morgan fingerprint density at radius 3 is 1.10 bits per heavy atom. The monoisotopic (exact) mass is 216 g/mol. The van der Waals surface area contributed by atoms with Crippen molar-refractivity contribution in [1.29, 1.82) is 0 Å². The van der Waals surface area contributed by atoms with E-state index in [1.54, 1.807) is 0 Å². The van der Waals surface area contributed by atoms with E-state index < -0.39 is 21.8 Å². The van der Waals surface area contributed by atoms with Gasteiger partial charge in [-0.2, -0.15) is 0 Å². The van der Waals surface area contributed by atoms with E-state index in [2.05, 4.69) is 0 Å². The molecule has 0 spiro atoms. The van der Waals surface area contributed by atoms with E-state index in [0.29, 0.717) is 0 Å². The molecule has 0 heterocycles. The molecule has 10 heavy (non-hydrogen) atoms. The molecule has 0 radical (unpaired) electrons. The maximum absolute atomic E-state index is 8.52. The minimum Gasteiger partial charge on any atom is -0.784 e. The van der Waals surface area contributed by atoms with Crippen molar-refractivity contribution in [2.45, 2.75) is 0 Å². The maximum Gasteiger partial charge on any atom is 2.00 e. The van der Waals surface area contributed by atoms with Crippen molar-refractivity contribution in [1.82, 2.24) is 0 Å². The Labute approximate surface area is 89.5 Å². The average Bonchev–Trinajstić information content (AvgIpc) is 1.19. The Kier molecular flexibility index (Phi) is 14.4. The fourth-order valence-electron chi connectivity index (χ4n) is 0. The Morgan fingerprint density at radius 2 is 1.10 bits per heavy atom. The summed E-state index contributed by atoms with van der Waals surface area (Å²) in [5.74, 6) is 0. The topological polar surface area (TPSA) is 143 Å². The third-order valence-electron chi connectivity index (χ3n) is 0. The van der Waals surface area contributed by atoms with Crippen molar-refractivity contribution < 1.29 is 30.8 Å². The van der Waals surface area contributed by atoms with E-state index in [-0.39, 0.29) is 37.7 Å². The summed E-state index contributed by atoms with van der Waals surface area (Å²) >= 11 is -3.11. The Hall–Kier alpha value is 1.20. The standard InChI is InChI=1S/Ca.H2O4S.H2O3S/c;1-5(2,3)4;1-4(2)3/h;(H2,1,2,3,4);(H2,1,2,3)/q+2;;/p-4. The van der Waals surface area contributed by atoms with Gasteiger partial charge < -0.3 is 18.2 Å². The van der Waals surface area contributed by atoms with Crippen molar-refractivity contribution in [2.24, 2.45) is 0 Å². The van der Waals surface area contributed by atoms with Crippen LogP contribution in [-0.4, -0.2) is 68.6 Å². The van der Waals surface area contributed by atoms with Gasteiger partial charge in [0.05, 0.1) is 0 Å². The third kappa shape index (κ3) is 430. The number of rotatable bonds is 0. The Balaban J connectivity index is -0.0000000910. The van der Waals surface area contributed by atoms with Crippen LogP contribution in [0.1, 0.15) is 0 Å². The van der Waals surface area contributed by atoms with Gasteiger partial charge in [0.15, 0.2) is 0 Å². The summed E-state index contributed by atoms with van der Waals surface area (Å²) in [5, 5.41) is 0. The van der Waals surface area contributed by atoms with Gasteiger partial charge in [-0.05, 0) is 0 Å². The minimum absolute atomic E-state index is 0. The Bertz CT molecular complexity index is 154. The zero-order valence-corrected chi connectivity index (χ0v) is 8.22. The van der Waals surface area contributed by atoms with Crippen LogP contribution in [0.3, 0.4) is 0 Å². The van der Waals surface area contributed by atoms with Crippen LogP contribution >= 0.6 is 0 Å². The molecular formula is CaO7S2-2. The molecule has 0 N–H and O–H groups in total. The van der Waals surface area contributed by atoms with Crippen molar-refractivity contribution in [3.05, 3.63) is 0 Å². The van der Waals surface area contributed by atoms with E-state index in [9.17, 15) is 0 Å². The van der Waals surface area contributed by atoms with Gasteiger partial charge in [0, 0.05) is 10.4 Å². The molecule has 0 aliphatic carbocycles. The van der Waals surface area contributed by atoms with Crippen LogP contribution in [0.2, 0.25) is 0 Å². The summed E-state index contributed by atoms with van der Waals surface area (Å²) < 4.78 is 59.4. The molecule has 0 saturated heterocycles. The van der Waals surface area contributed by atoms with Gasteiger partial charge in [-0.1, -0.05) is 0 Å². The SMILES string of the molecule is O=S(=O)([O-])[O-].O=S([O-])[O-].[Ca+2]. The zero-order valence-electron chi connectivity index (χ0n) is 4.38. The van der Waals surface area contributed by atoms with Crippen LogP contribution in [0.4, 0.5) is 0 Å². The van der Waals surface area contributed by atoms with Gasteiger partial charge in [-0.25, -0.2) is 0 Å². The molecule has 10 heteroatoms. The maximum atomic E-state index is 8.52. The van der Waals surface area contributed by atoms with Crippen molar-refractivity contribution in [3.8, 4) is 0 Å². The van der Waals surface area contributed by atoms with E-state index in [4.69, 9.17) is 30.8 Å². The summed E-state index contributed by atoms with van der Waals surface area (Å²) in [6, 6.07) is 0. The van der Waals surface area contributed by atoms with Crippen LogP contribution in [0.5, 0.6) is 0 Å². The summed E-state index contributed by atoms with van der Waals surface area (Å²) in [6.07, 6.45) is 0. The zero-order chi connectivity index (χ0) is 8.08. The fraction of sp³-hybridized carbons (Fsp3) is 0. The molecule has 0 atom stereocenters. The first-order chi connectivity index (χ1) is 3.73. The van der Waals surface area contributed by atoms with Crippen LogP contribution in [-0.2, 0) is 21.8 Å². The summed E-state index contributed by atoms with van der Waals surface area (Å²) in [6.45, 7) is 0. The van der Waals surface area contributed by atoms with Gasteiger partial charge in [-0.3, -0.25) is 12.6 Å². The first-order valence-electron chi connectivity index (χ1n) is 1.17. The normalized spacial score (nSPS) is 9.30. The predicted molar refractivity (Wildman–Crippen MR) is 25.9 cm³/mol. The van der Waals surface area contributed by atoms with Crippen LogP contribution < -0.4 is 0 Å². The number of hydrogen-bond donors (Lipinski definition) is 0. The van der Waals surface area contributed by atoms with Gasteiger partial charge in [0.25, 0.3) is 0 Å². The van der Waals surface area contributed by atoms with Crippen molar-refractivity contribution in [3.63, 3.8) is 0 Å². The van der Waals surface area contributed by atoms with E-state index >= 15 is 0 Å². The minimum atomic E-state index is -5.17. The smallest absolute Gasteiger partial charge is 0.784 e. The van der Waals surface area contributed by atoms with E-state index in [1.165, 1.54) is 0 Å². The average molecular weight is 216 g/mol. The summed E-state index contributed by atoms with van der Waals surface area (Å²) in [7, 11) is -5.17. The van der Waals surface area contributed by atoms with Gasteiger partial charge >= 0.3 is 37.7 Å². The summed E-state index contributed by atoms with van der Waals surface area (Å²) in [4.78, 5) is 0. The van der Waals surface area contributed by atoms with Crippen LogP contribution in [0.25, 0.3) is 0 Å². The molecule has 7 nitrogen and oxygen atoms in total. The van der Waals surface area contributed by atoms with E-state index in [0.717, 1.165) is 0 Å². The summed E-state index contributed by atoms with van der Waals surface area (Å²) in [5.41, 5.74) is 0. The molecular weight excluding hydrogens is 216 g/mol. The Morgan fingerprint density at radius 1 is 1.10 bits per heavy atom. The molecule has 58 valence electrons. The van der Waals surface area contributed by atoms with Crippen LogP contribution in [0, 0.1) is 0 Å². The first kappa shape index (κ1) is 17.3. The quantitative estimate of drug-likeness (QED) is 0.185. The fourth-order valence-corrected chi connectivity index (χ4v) is 0. The van der Waals surface area contributed by atoms with E-state index in [1.807, 2.05) is 0 Å². The molecule has 0 saturated carbocycles. The van der Waals surface area contributed by atoms with Gasteiger partial charge in [-0.15, -0.1) is 11.4 Å². The molecule has 0 fully saturated rings. The van der Waals surface area contributed by atoms with Gasteiger partial charge in [0.2, 0.25) is 0 Å². The molecule has 0 aliphatic rings. The molecule has 0 aromatic carbocycles. The number of hydrogen-bond acceptors (Lipinski definition) is 7. The molecule has 0 rings (SSSR count). The molecule has 0 unspecified atom stereocenters. The molecule has 0 bridgehead atoms. The largest absolute Gasteiger partial charge is 2.00 e. The molecule has 0 aliphatic heterocycles. The molecule has 0 aromatic rings. The second-order valence-electron chi connectivity index (χ2n) is 0.612.